The first-order chi connectivity index (χ1) is 14.3. The zero-order valence-corrected chi connectivity index (χ0v) is 20.6. The molecule has 0 atom stereocenters. The van der Waals surface area contributed by atoms with Crippen molar-refractivity contribution in [2.45, 2.75) is 55.3 Å². The second-order valence-electron chi connectivity index (χ2n) is 7.49. The lowest BCUT2D eigenvalue weighted by Crippen LogP contribution is -2.31. The molecule has 0 radical (unpaired) electrons. The van der Waals surface area contributed by atoms with Gasteiger partial charge in [0.1, 0.15) is 0 Å². The number of hydrogen-bond acceptors (Lipinski definition) is 8. The molecule has 0 amide bonds. The zero-order valence-electron chi connectivity index (χ0n) is 17.4. The maximum Gasteiger partial charge on any atom is 0.358 e. The number of thiazole rings is 1. The Kier molecular flexibility index (Phi) is 6.41. The standard InChI is InChI=1S/C20H24BrN3O4S2/c1-11(2)29-18-15(13-5-7-20(8-6-13)27-9-10-28-20)22-19(30-18)24-16(17(25)26-4)14(21)12(3)23-24/h5,11H,6-10H2,1-4H3. The van der Waals surface area contributed by atoms with Gasteiger partial charge in [0, 0.05) is 18.1 Å². The van der Waals surface area contributed by atoms with Gasteiger partial charge in [0.05, 0.1) is 40.4 Å². The van der Waals surface area contributed by atoms with Gasteiger partial charge in [-0.25, -0.2) is 9.78 Å². The highest BCUT2D eigenvalue weighted by molar-refractivity contribution is 9.10. The number of allylic oxidation sites excluding steroid dienone is 1. The molecule has 2 aromatic heterocycles. The van der Waals surface area contributed by atoms with E-state index in [2.05, 4.69) is 41.0 Å². The van der Waals surface area contributed by atoms with E-state index in [-0.39, 0.29) is 0 Å². The van der Waals surface area contributed by atoms with Crippen LogP contribution in [-0.4, -0.2) is 52.1 Å². The molecule has 2 aromatic rings. The molecule has 0 unspecified atom stereocenters. The smallest absolute Gasteiger partial charge is 0.358 e. The monoisotopic (exact) mass is 513 g/mol. The highest BCUT2D eigenvalue weighted by atomic mass is 79.9. The van der Waals surface area contributed by atoms with E-state index in [0.29, 0.717) is 39.5 Å². The fraction of sp³-hybridized carbons (Fsp3) is 0.550. The SMILES string of the molecule is COC(=O)c1c(Br)c(C)nn1-c1nc(C2=CCC3(CC2)OCCO3)c(SC(C)C)s1. The molecule has 162 valence electrons. The average molecular weight is 514 g/mol. The molecule has 3 heterocycles. The lowest BCUT2D eigenvalue weighted by Gasteiger charge is -2.30. The van der Waals surface area contributed by atoms with Crippen LogP contribution in [-0.2, 0) is 14.2 Å². The number of carbonyl (C=O) groups excluding carboxylic acids is 1. The van der Waals surface area contributed by atoms with Crippen molar-refractivity contribution in [3.05, 3.63) is 27.6 Å². The summed E-state index contributed by atoms with van der Waals surface area (Å²) in [6, 6.07) is 0. The van der Waals surface area contributed by atoms with Crippen LogP contribution in [0.3, 0.4) is 0 Å². The van der Waals surface area contributed by atoms with E-state index in [1.807, 2.05) is 6.92 Å². The third-order valence-electron chi connectivity index (χ3n) is 5.03. The van der Waals surface area contributed by atoms with Crippen molar-refractivity contribution < 1.29 is 19.0 Å². The van der Waals surface area contributed by atoms with Crippen LogP contribution in [0.2, 0.25) is 0 Å². The number of methoxy groups -OCH3 is 1. The number of thioether (sulfide) groups is 1. The zero-order chi connectivity index (χ0) is 21.5. The Bertz CT molecular complexity index is 993. The van der Waals surface area contributed by atoms with Crippen molar-refractivity contribution in [1.82, 2.24) is 14.8 Å². The number of esters is 1. The summed E-state index contributed by atoms with van der Waals surface area (Å²) in [5, 5.41) is 5.59. The lowest BCUT2D eigenvalue weighted by atomic mass is 9.92. The molecule has 7 nitrogen and oxygen atoms in total. The number of aromatic nitrogens is 3. The Morgan fingerprint density at radius 3 is 2.73 bits per heavy atom. The number of carbonyl (C=O) groups is 1. The van der Waals surface area contributed by atoms with Crippen LogP contribution >= 0.6 is 39.0 Å². The van der Waals surface area contributed by atoms with Crippen molar-refractivity contribution >= 4 is 50.6 Å². The van der Waals surface area contributed by atoms with Crippen molar-refractivity contribution in [3.63, 3.8) is 0 Å². The normalized spacial score (nSPS) is 18.3. The molecule has 1 aliphatic carbocycles. The third-order valence-corrected chi connectivity index (χ3v) is 8.22. The van der Waals surface area contributed by atoms with Gasteiger partial charge in [-0.2, -0.15) is 9.78 Å². The lowest BCUT2D eigenvalue weighted by molar-refractivity contribution is -0.159. The maximum absolute atomic E-state index is 12.4. The second kappa shape index (κ2) is 8.74. The van der Waals surface area contributed by atoms with Gasteiger partial charge >= 0.3 is 5.97 Å². The van der Waals surface area contributed by atoms with Crippen molar-refractivity contribution in [2.75, 3.05) is 20.3 Å². The third kappa shape index (κ3) is 4.12. The van der Waals surface area contributed by atoms with Crippen molar-refractivity contribution in [2.24, 2.45) is 0 Å². The van der Waals surface area contributed by atoms with Gasteiger partial charge in [0.15, 0.2) is 11.5 Å². The summed E-state index contributed by atoms with van der Waals surface area (Å²) >= 11 is 6.78. The van der Waals surface area contributed by atoms with Gasteiger partial charge in [-0.3, -0.25) is 0 Å². The van der Waals surface area contributed by atoms with Crippen LogP contribution in [0.25, 0.3) is 10.7 Å². The van der Waals surface area contributed by atoms with E-state index >= 15 is 0 Å². The molecule has 0 bridgehead atoms. The summed E-state index contributed by atoms with van der Waals surface area (Å²) in [5.74, 6) is -0.915. The van der Waals surface area contributed by atoms with Crippen LogP contribution in [0.15, 0.2) is 14.8 Å². The Labute approximate surface area is 192 Å². The highest BCUT2D eigenvalue weighted by Gasteiger charge is 2.38. The van der Waals surface area contributed by atoms with Gasteiger partial charge in [-0.05, 0) is 34.8 Å². The van der Waals surface area contributed by atoms with Crippen LogP contribution in [0, 0.1) is 6.92 Å². The van der Waals surface area contributed by atoms with Gasteiger partial charge in [-0.15, -0.1) is 11.8 Å². The minimum absolute atomic E-state index is 0.348. The van der Waals surface area contributed by atoms with Gasteiger partial charge in [0.25, 0.3) is 0 Å². The van der Waals surface area contributed by atoms with E-state index in [1.165, 1.54) is 12.7 Å². The number of hydrogen-bond donors (Lipinski definition) is 0. The molecule has 4 rings (SSSR count). The molecule has 0 N–H and O–H groups in total. The van der Waals surface area contributed by atoms with Crippen LogP contribution < -0.4 is 0 Å². The fourth-order valence-electron chi connectivity index (χ4n) is 3.58. The van der Waals surface area contributed by atoms with E-state index in [4.69, 9.17) is 19.2 Å². The summed E-state index contributed by atoms with van der Waals surface area (Å²) in [6.45, 7) is 7.47. The largest absolute Gasteiger partial charge is 0.464 e. The molecule has 1 fully saturated rings. The van der Waals surface area contributed by atoms with Gasteiger partial charge in [0.2, 0.25) is 5.13 Å². The van der Waals surface area contributed by atoms with E-state index in [9.17, 15) is 4.79 Å². The molecular formula is C20H24BrN3O4S2. The number of rotatable bonds is 5. The van der Waals surface area contributed by atoms with Crippen LogP contribution in [0.5, 0.6) is 0 Å². The maximum atomic E-state index is 12.4. The van der Waals surface area contributed by atoms with Crippen LogP contribution in [0.1, 0.15) is 55.0 Å². The number of aryl methyl sites for hydroxylation is 1. The summed E-state index contributed by atoms with van der Waals surface area (Å²) in [7, 11) is 1.37. The number of halogens is 1. The summed E-state index contributed by atoms with van der Waals surface area (Å²) < 4.78 is 20.0. The highest BCUT2D eigenvalue weighted by Crippen LogP contribution is 2.43. The molecule has 1 spiro atoms. The average Bonchev–Trinajstić information content (AvgIpc) is 3.41. The Morgan fingerprint density at radius 2 is 2.13 bits per heavy atom. The minimum atomic E-state index is -0.463. The summed E-state index contributed by atoms with van der Waals surface area (Å²) in [5.41, 5.74) is 3.20. The van der Waals surface area contributed by atoms with E-state index in [1.54, 1.807) is 27.8 Å². The Hall–Kier alpha value is -1.20. The number of nitrogens with zero attached hydrogens (tertiary/aromatic N) is 3. The Morgan fingerprint density at radius 1 is 1.40 bits per heavy atom. The minimum Gasteiger partial charge on any atom is -0.464 e. The first-order valence-electron chi connectivity index (χ1n) is 9.82. The molecule has 2 aliphatic rings. The molecule has 0 aromatic carbocycles. The first-order valence-corrected chi connectivity index (χ1v) is 12.3. The summed E-state index contributed by atoms with van der Waals surface area (Å²) in [4.78, 5) is 17.3. The van der Waals surface area contributed by atoms with Crippen LogP contribution in [0.4, 0.5) is 0 Å². The predicted molar refractivity (Wildman–Crippen MR) is 120 cm³/mol. The quantitative estimate of drug-likeness (QED) is 0.411. The van der Waals surface area contributed by atoms with E-state index in [0.717, 1.165) is 29.2 Å². The summed E-state index contributed by atoms with van der Waals surface area (Å²) in [6.07, 6.45) is 4.56. The molecule has 0 saturated carbocycles. The van der Waals surface area contributed by atoms with Crippen molar-refractivity contribution in [1.29, 1.82) is 0 Å². The molecule has 10 heteroatoms. The number of ether oxygens (including phenoxy) is 3. The fourth-order valence-corrected chi connectivity index (χ4v) is 6.50. The van der Waals surface area contributed by atoms with Gasteiger partial charge < -0.3 is 14.2 Å². The molecule has 1 aliphatic heterocycles. The molecule has 1 saturated heterocycles. The second-order valence-corrected chi connectivity index (χ2v) is 11.1. The van der Waals surface area contributed by atoms with Crippen molar-refractivity contribution in [3.8, 4) is 5.13 Å². The first kappa shape index (κ1) is 22.0. The molecule has 30 heavy (non-hydrogen) atoms. The van der Waals surface area contributed by atoms with Gasteiger partial charge in [-0.1, -0.05) is 31.3 Å². The Balaban J connectivity index is 1.74. The van der Waals surface area contributed by atoms with E-state index < -0.39 is 11.8 Å². The predicted octanol–water partition coefficient (Wildman–Crippen LogP) is 5.00. The molecular weight excluding hydrogens is 490 g/mol. The topological polar surface area (TPSA) is 75.5 Å².